The Hall–Kier alpha value is -0.900. The van der Waals surface area contributed by atoms with Crippen molar-refractivity contribution in [2.45, 2.75) is 19.2 Å². The average Bonchev–Trinajstić information content (AvgIpc) is 2.16. The maximum atomic E-state index is 5.11. The number of methoxy groups -OCH3 is 1. The van der Waals surface area contributed by atoms with Crippen molar-refractivity contribution in [1.29, 1.82) is 0 Å². The van der Waals surface area contributed by atoms with Gasteiger partial charge in [0.2, 0.25) is 0 Å². The van der Waals surface area contributed by atoms with Gasteiger partial charge in [-0.2, -0.15) is 0 Å². The zero-order valence-corrected chi connectivity index (χ0v) is 9.12. The van der Waals surface area contributed by atoms with Gasteiger partial charge in [-0.25, -0.2) is 0 Å². The minimum Gasteiger partial charge on any atom is -0.380 e. The molecule has 1 heterocycles. The van der Waals surface area contributed by atoms with Crippen molar-refractivity contribution in [2.24, 2.45) is 0 Å². The van der Waals surface area contributed by atoms with Crippen molar-refractivity contribution in [3.05, 3.63) is 35.4 Å². The van der Waals surface area contributed by atoms with E-state index in [0.717, 1.165) is 19.6 Å². The van der Waals surface area contributed by atoms with Gasteiger partial charge in [0.15, 0.2) is 0 Å². The summed E-state index contributed by atoms with van der Waals surface area (Å²) in [6.45, 7) is 3.83. The van der Waals surface area contributed by atoms with E-state index in [1.54, 1.807) is 7.11 Å². The van der Waals surface area contributed by atoms with Gasteiger partial charge in [-0.05, 0) is 11.1 Å². The third kappa shape index (κ3) is 3.02. The van der Waals surface area contributed by atoms with Gasteiger partial charge in [0.1, 0.15) is 0 Å². The van der Waals surface area contributed by atoms with E-state index in [0.29, 0.717) is 12.6 Å². The standard InChI is InChI=1S/C12H18N2O/c1-15-9-11-4-2-3-10(5-11)6-14-12-7-13-8-12/h2-5,12-14H,6-9H2,1H3. The third-order valence-electron chi connectivity index (χ3n) is 2.68. The number of ether oxygens (including phenoxy) is 1. The third-order valence-corrected chi connectivity index (χ3v) is 2.68. The Morgan fingerprint density at radius 3 is 2.87 bits per heavy atom. The molecule has 15 heavy (non-hydrogen) atoms. The Morgan fingerprint density at radius 1 is 1.40 bits per heavy atom. The van der Waals surface area contributed by atoms with E-state index in [-0.39, 0.29) is 0 Å². The zero-order valence-electron chi connectivity index (χ0n) is 9.12. The molecule has 3 nitrogen and oxygen atoms in total. The predicted molar refractivity (Wildman–Crippen MR) is 60.7 cm³/mol. The first kappa shape index (κ1) is 10.6. The van der Waals surface area contributed by atoms with Gasteiger partial charge in [-0.15, -0.1) is 0 Å². The van der Waals surface area contributed by atoms with Crippen molar-refractivity contribution in [3.8, 4) is 0 Å². The zero-order chi connectivity index (χ0) is 10.5. The average molecular weight is 206 g/mol. The van der Waals surface area contributed by atoms with Crippen molar-refractivity contribution in [2.75, 3.05) is 20.2 Å². The van der Waals surface area contributed by atoms with E-state index in [1.165, 1.54) is 11.1 Å². The Bertz CT molecular complexity index is 310. The molecule has 0 aliphatic carbocycles. The lowest BCUT2D eigenvalue weighted by Crippen LogP contribution is -2.54. The van der Waals surface area contributed by atoms with Gasteiger partial charge in [0, 0.05) is 32.8 Å². The van der Waals surface area contributed by atoms with Crippen LogP contribution in [0.4, 0.5) is 0 Å². The number of benzene rings is 1. The van der Waals surface area contributed by atoms with Gasteiger partial charge in [-0.1, -0.05) is 24.3 Å². The summed E-state index contributed by atoms with van der Waals surface area (Å²) < 4.78 is 5.11. The molecule has 0 radical (unpaired) electrons. The molecule has 0 aromatic heterocycles. The second kappa shape index (κ2) is 5.26. The normalized spacial score (nSPS) is 16.3. The molecule has 1 saturated heterocycles. The summed E-state index contributed by atoms with van der Waals surface area (Å²) in [5.41, 5.74) is 2.57. The van der Waals surface area contributed by atoms with Crippen LogP contribution in [0.1, 0.15) is 11.1 Å². The highest BCUT2D eigenvalue weighted by molar-refractivity contribution is 5.23. The molecular weight excluding hydrogens is 188 g/mol. The van der Waals surface area contributed by atoms with Crippen LogP contribution in [0.3, 0.4) is 0 Å². The second-order valence-corrected chi connectivity index (χ2v) is 3.99. The Labute approximate surface area is 90.8 Å². The molecule has 0 bridgehead atoms. The highest BCUT2D eigenvalue weighted by atomic mass is 16.5. The largest absolute Gasteiger partial charge is 0.380 e. The number of hydrogen-bond acceptors (Lipinski definition) is 3. The molecule has 1 aliphatic rings. The number of nitrogens with one attached hydrogen (secondary N) is 2. The van der Waals surface area contributed by atoms with Crippen molar-refractivity contribution >= 4 is 0 Å². The molecule has 0 amide bonds. The smallest absolute Gasteiger partial charge is 0.0713 e. The fourth-order valence-electron chi connectivity index (χ4n) is 1.69. The van der Waals surface area contributed by atoms with Crippen LogP contribution in [-0.2, 0) is 17.9 Å². The van der Waals surface area contributed by atoms with E-state index in [4.69, 9.17) is 4.74 Å². The summed E-state index contributed by atoms with van der Waals surface area (Å²) in [7, 11) is 1.73. The second-order valence-electron chi connectivity index (χ2n) is 3.99. The maximum absolute atomic E-state index is 5.11. The first-order chi connectivity index (χ1) is 7.38. The number of rotatable bonds is 5. The maximum Gasteiger partial charge on any atom is 0.0713 e. The molecule has 2 rings (SSSR count). The van der Waals surface area contributed by atoms with E-state index in [9.17, 15) is 0 Å². The lowest BCUT2D eigenvalue weighted by molar-refractivity contribution is 0.185. The van der Waals surface area contributed by atoms with Gasteiger partial charge in [0.25, 0.3) is 0 Å². The predicted octanol–water partition coefficient (Wildman–Crippen LogP) is 0.894. The summed E-state index contributed by atoms with van der Waals surface area (Å²) in [6, 6.07) is 9.18. The van der Waals surface area contributed by atoms with Crippen LogP contribution in [-0.4, -0.2) is 26.2 Å². The van der Waals surface area contributed by atoms with Crippen LogP contribution >= 0.6 is 0 Å². The first-order valence-electron chi connectivity index (χ1n) is 5.39. The Morgan fingerprint density at radius 2 is 2.20 bits per heavy atom. The lowest BCUT2D eigenvalue weighted by Gasteiger charge is -2.28. The highest BCUT2D eigenvalue weighted by Crippen LogP contribution is 2.06. The molecule has 82 valence electrons. The van der Waals surface area contributed by atoms with Gasteiger partial charge in [0.05, 0.1) is 6.61 Å². The van der Waals surface area contributed by atoms with Crippen LogP contribution < -0.4 is 10.6 Å². The molecule has 3 heteroatoms. The van der Waals surface area contributed by atoms with E-state index < -0.39 is 0 Å². The summed E-state index contributed by atoms with van der Waals surface area (Å²) in [4.78, 5) is 0. The molecular formula is C12H18N2O. The van der Waals surface area contributed by atoms with Crippen LogP contribution in [0.5, 0.6) is 0 Å². The van der Waals surface area contributed by atoms with Crippen LogP contribution in [0, 0.1) is 0 Å². The van der Waals surface area contributed by atoms with Crippen molar-refractivity contribution in [3.63, 3.8) is 0 Å². The van der Waals surface area contributed by atoms with E-state index in [1.807, 2.05) is 0 Å². The van der Waals surface area contributed by atoms with E-state index in [2.05, 4.69) is 34.9 Å². The van der Waals surface area contributed by atoms with Gasteiger partial charge >= 0.3 is 0 Å². The molecule has 0 atom stereocenters. The van der Waals surface area contributed by atoms with Gasteiger partial charge in [-0.3, -0.25) is 0 Å². The fourth-order valence-corrected chi connectivity index (χ4v) is 1.69. The molecule has 0 saturated carbocycles. The summed E-state index contributed by atoms with van der Waals surface area (Å²) >= 11 is 0. The summed E-state index contributed by atoms with van der Waals surface area (Å²) in [5, 5.41) is 6.75. The van der Waals surface area contributed by atoms with Crippen LogP contribution in [0.2, 0.25) is 0 Å². The molecule has 0 unspecified atom stereocenters. The summed E-state index contributed by atoms with van der Waals surface area (Å²) in [6.07, 6.45) is 0. The molecule has 0 spiro atoms. The fraction of sp³-hybridized carbons (Fsp3) is 0.500. The minimum absolute atomic E-state index is 0.649. The molecule has 2 N–H and O–H groups in total. The van der Waals surface area contributed by atoms with E-state index >= 15 is 0 Å². The molecule has 1 aromatic rings. The topological polar surface area (TPSA) is 33.3 Å². The van der Waals surface area contributed by atoms with Crippen molar-refractivity contribution < 1.29 is 4.74 Å². The number of hydrogen-bond donors (Lipinski definition) is 2. The van der Waals surface area contributed by atoms with Crippen LogP contribution in [0.15, 0.2) is 24.3 Å². The van der Waals surface area contributed by atoms with Gasteiger partial charge < -0.3 is 15.4 Å². The molecule has 1 aromatic carbocycles. The highest BCUT2D eigenvalue weighted by Gasteiger charge is 2.14. The quantitative estimate of drug-likeness (QED) is 0.751. The molecule has 1 aliphatic heterocycles. The van der Waals surface area contributed by atoms with Crippen LogP contribution in [0.25, 0.3) is 0 Å². The Balaban J connectivity index is 1.86. The summed E-state index contributed by atoms with van der Waals surface area (Å²) in [5.74, 6) is 0. The Kier molecular flexibility index (Phi) is 3.72. The lowest BCUT2D eigenvalue weighted by atomic mass is 10.1. The first-order valence-corrected chi connectivity index (χ1v) is 5.39. The monoisotopic (exact) mass is 206 g/mol. The minimum atomic E-state index is 0.649. The molecule has 1 fully saturated rings. The van der Waals surface area contributed by atoms with Crippen molar-refractivity contribution in [1.82, 2.24) is 10.6 Å². The SMILES string of the molecule is COCc1cccc(CNC2CNC2)c1.